The lowest BCUT2D eigenvalue weighted by Crippen LogP contribution is -2.02. The van der Waals surface area contributed by atoms with Gasteiger partial charge < -0.3 is 5.11 Å². The van der Waals surface area contributed by atoms with Gasteiger partial charge in [0.15, 0.2) is 0 Å². The molecule has 0 spiro atoms. The SMILES string of the molecule is Cc1c(O)ccc(-n2nc3ccccc3n2)c1C. The van der Waals surface area contributed by atoms with Crippen LogP contribution in [-0.4, -0.2) is 20.1 Å². The molecular weight excluding hydrogens is 226 g/mol. The average molecular weight is 239 g/mol. The molecule has 4 nitrogen and oxygen atoms in total. The van der Waals surface area contributed by atoms with Crippen LogP contribution < -0.4 is 0 Å². The third-order valence-electron chi connectivity index (χ3n) is 3.23. The minimum absolute atomic E-state index is 0.299. The van der Waals surface area contributed by atoms with E-state index in [1.807, 2.05) is 44.2 Å². The molecule has 0 fully saturated rings. The molecule has 0 atom stereocenters. The van der Waals surface area contributed by atoms with Crippen molar-refractivity contribution < 1.29 is 5.11 Å². The lowest BCUT2D eigenvalue weighted by Gasteiger charge is -2.08. The monoisotopic (exact) mass is 239 g/mol. The number of aromatic hydroxyl groups is 1. The van der Waals surface area contributed by atoms with E-state index in [1.165, 1.54) is 0 Å². The van der Waals surface area contributed by atoms with Gasteiger partial charge >= 0.3 is 0 Å². The fourth-order valence-electron chi connectivity index (χ4n) is 1.98. The number of phenolic OH excluding ortho intramolecular Hbond substituents is 1. The first-order valence-electron chi connectivity index (χ1n) is 5.78. The largest absolute Gasteiger partial charge is 0.508 e. The first-order valence-corrected chi connectivity index (χ1v) is 5.78. The van der Waals surface area contributed by atoms with Gasteiger partial charge in [0.05, 0.1) is 5.69 Å². The van der Waals surface area contributed by atoms with Crippen molar-refractivity contribution in [2.45, 2.75) is 13.8 Å². The minimum atomic E-state index is 0.299. The Balaban J connectivity index is 2.23. The summed E-state index contributed by atoms with van der Waals surface area (Å²) in [6, 6.07) is 11.2. The molecular formula is C14H13N3O. The van der Waals surface area contributed by atoms with E-state index < -0.39 is 0 Å². The summed E-state index contributed by atoms with van der Waals surface area (Å²) in [6.45, 7) is 3.84. The summed E-state index contributed by atoms with van der Waals surface area (Å²) in [7, 11) is 0. The van der Waals surface area contributed by atoms with Crippen molar-refractivity contribution in [1.29, 1.82) is 0 Å². The molecule has 2 aromatic carbocycles. The topological polar surface area (TPSA) is 50.9 Å². The van der Waals surface area contributed by atoms with E-state index in [0.717, 1.165) is 27.8 Å². The molecule has 18 heavy (non-hydrogen) atoms. The minimum Gasteiger partial charge on any atom is -0.508 e. The lowest BCUT2D eigenvalue weighted by atomic mass is 10.1. The summed E-state index contributed by atoms with van der Waals surface area (Å²) >= 11 is 0. The quantitative estimate of drug-likeness (QED) is 0.710. The van der Waals surface area contributed by atoms with Crippen LogP contribution in [0.1, 0.15) is 11.1 Å². The van der Waals surface area contributed by atoms with E-state index in [-0.39, 0.29) is 0 Å². The van der Waals surface area contributed by atoms with Gasteiger partial charge in [0.25, 0.3) is 0 Å². The Morgan fingerprint density at radius 2 is 1.50 bits per heavy atom. The van der Waals surface area contributed by atoms with Gasteiger partial charge in [-0.2, -0.15) is 4.80 Å². The summed E-state index contributed by atoms with van der Waals surface area (Å²) in [6.07, 6.45) is 0. The van der Waals surface area contributed by atoms with Crippen LogP contribution in [0, 0.1) is 13.8 Å². The van der Waals surface area contributed by atoms with Gasteiger partial charge in [0.2, 0.25) is 0 Å². The Labute approximate surface area is 104 Å². The molecule has 0 radical (unpaired) electrons. The van der Waals surface area contributed by atoms with Crippen molar-refractivity contribution in [1.82, 2.24) is 15.0 Å². The Morgan fingerprint density at radius 3 is 2.11 bits per heavy atom. The first-order chi connectivity index (χ1) is 8.66. The molecule has 0 amide bonds. The van der Waals surface area contributed by atoms with Crippen LogP contribution in [0.3, 0.4) is 0 Å². The summed E-state index contributed by atoms with van der Waals surface area (Å²) in [5, 5.41) is 18.5. The second-order valence-electron chi connectivity index (χ2n) is 4.33. The van der Waals surface area contributed by atoms with Gasteiger partial charge in [0, 0.05) is 0 Å². The molecule has 3 rings (SSSR count). The second-order valence-corrected chi connectivity index (χ2v) is 4.33. The number of nitrogens with zero attached hydrogens (tertiary/aromatic N) is 3. The van der Waals surface area contributed by atoms with Crippen LogP contribution in [-0.2, 0) is 0 Å². The molecule has 1 heterocycles. The summed E-state index contributed by atoms with van der Waals surface area (Å²) in [4.78, 5) is 1.62. The Kier molecular flexibility index (Phi) is 2.30. The van der Waals surface area contributed by atoms with Gasteiger partial charge in [-0.15, -0.1) is 10.2 Å². The number of phenols is 1. The molecule has 0 aliphatic carbocycles. The van der Waals surface area contributed by atoms with Crippen molar-refractivity contribution in [3.63, 3.8) is 0 Å². The molecule has 0 aliphatic heterocycles. The molecule has 3 aromatic rings. The van der Waals surface area contributed by atoms with Gasteiger partial charge in [-0.25, -0.2) is 0 Å². The molecule has 1 N–H and O–H groups in total. The highest BCUT2D eigenvalue weighted by Gasteiger charge is 2.10. The molecule has 0 bridgehead atoms. The number of aromatic nitrogens is 3. The third kappa shape index (κ3) is 1.54. The molecule has 1 aromatic heterocycles. The molecule has 0 aliphatic rings. The first kappa shape index (κ1) is 10.8. The van der Waals surface area contributed by atoms with Gasteiger partial charge in [-0.1, -0.05) is 12.1 Å². The van der Waals surface area contributed by atoms with Crippen LogP contribution >= 0.6 is 0 Å². The highest BCUT2D eigenvalue weighted by atomic mass is 16.3. The van der Waals surface area contributed by atoms with Crippen LogP contribution in [0.15, 0.2) is 36.4 Å². The number of hydrogen-bond acceptors (Lipinski definition) is 3. The second kappa shape index (κ2) is 3.84. The number of fused-ring (bicyclic) bond motifs is 1. The van der Waals surface area contributed by atoms with E-state index >= 15 is 0 Å². The zero-order chi connectivity index (χ0) is 12.7. The maximum atomic E-state index is 9.66. The summed E-state index contributed by atoms with van der Waals surface area (Å²) in [5.74, 6) is 0.299. The van der Waals surface area contributed by atoms with Crippen LogP contribution in [0.25, 0.3) is 16.7 Å². The van der Waals surface area contributed by atoms with Crippen LogP contribution in [0.2, 0.25) is 0 Å². The fourth-order valence-corrected chi connectivity index (χ4v) is 1.98. The lowest BCUT2D eigenvalue weighted by molar-refractivity contribution is 0.470. The van der Waals surface area contributed by atoms with Gasteiger partial charge in [-0.05, 0) is 49.2 Å². The predicted octanol–water partition coefficient (Wildman–Crippen LogP) is 2.74. The number of benzene rings is 2. The van der Waals surface area contributed by atoms with Gasteiger partial charge in [0.1, 0.15) is 16.8 Å². The zero-order valence-electron chi connectivity index (χ0n) is 10.3. The van der Waals surface area contributed by atoms with Crippen molar-refractivity contribution in [3.05, 3.63) is 47.5 Å². The molecule has 0 saturated carbocycles. The van der Waals surface area contributed by atoms with E-state index in [1.54, 1.807) is 10.9 Å². The zero-order valence-corrected chi connectivity index (χ0v) is 10.3. The number of rotatable bonds is 1. The molecule has 90 valence electrons. The maximum absolute atomic E-state index is 9.66. The van der Waals surface area contributed by atoms with E-state index in [2.05, 4.69) is 10.2 Å². The molecule has 4 heteroatoms. The van der Waals surface area contributed by atoms with Gasteiger partial charge in [-0.3, -0.25) is 0 Å². The smallest absolute Gasteiger partial charge is 0.118 e. The van der Waals surface area contributed by atoms with Crippen molar-refractivity contribution >= 4 is 11.0 Å². The highest BCUT2D eigenvalue weighted by Crippen LogP contribution is 2.25. The fraction of sp³-hybridized carbons (Fsp3) is 0.143. The van der Waals surface area contributed by atoms with Crippen LogP contribution in [0.5, 0.6) is 5.75 Å². The highest BCUT2D eigenvalue weighted by molar-refractivity contribution is 5.73. The molecule has 0 unspecified atom stereocenters. The summed E-state index contributed by atoms with van der Waals surface area (Å²) in [5.41, 5.74) is 4.45. The number of hydrogen-bond donors (Lipinski definition) is 1. The van der Waals surface area contributed by atoms with Crippen LogP contribution in [0.4, 0.5) is 0 Å². The Bertz CT molecular complexity index is 698. The maximum Gasteiger partial charge on any atom is 0.118 e. The summed E-state index contributed by atoms with van der Waals surface area (Å²) < 4.78 is 0. The van der Waals surface area contributed by atoms with Crippen molar-refractivity contribution in [3.8, 4) is 11.4 Å². The van der Waals surface area contributed by atoms with Crippen molar-refractivity contribution in [2.75, 3.05) is 0 Å². The standard InChI is InChI=1S/C14H13N3O/c1-9-10(2)14(18)8-7-13(9)17-15-11-5-3-4-6-12(11)16-17/h3-8,18H,1-2H3. The normalized spacial score (nSPS) is 11.0. The van der Waals surface area contributed by atoms with E-state index in [0.29, 0.717) is 5.75 Å². The predicted molar refractivity (Wildman–Crippen MR) is 70.0 cm³/mol. The third-order valence-corrected chi connectivity index (χ3v) is 3.23. The Hall–Kier alpha value is -2.36. The molecule has 0 saturated heterocycles. The van der Waals surface area contributed by atoms with E-state index in [4.69, 9.17) is 0 Å². The Morgan fingerprint density at radius 1 is 0.889 bits per heavy atom. The van der Waals surface area contributed by atoms with Crippen molar-refractivity contribution in [2.24, 2.45) is 0 Å². The van der Waals surface area contributed by atoms with E-state index in [9.17, 15) is 5.11 Å². The average Bonchev–Trinajstić information content (AvgIpc) is 2.79.